The first kappa shape index (κ1) is 27.6. The number of aromatic nitrogens is 1. The Morgan fingerprint density at radius 2 is 1.62 bits per heavy atom. The van der Waals surface area contributed by atoms with Crippen LogP contribution in [0.25, 0.3) is 22.0 Å². The van der Waals surface area contributed by atoms with Crippen LogP contribution in [0.2, 0.25) is 0 Å². The topological polar surface area (TPSA) is 83.5 Å². The Balaban J connectivity index is 1.46. The molecule has 8 heteroatoms. The van der Waals surface area contributed by atoms with Crippen LogP contribution in [0, 0.1) is 20.8 Å². The van der Waals surface area contributed by atoms with E-state index in [0.717, 1.165) is 43.2 Å². The molecule has 0 unspecified atom stereocenters. The van der Waals surface area contributed by atoms with E-state index in [2.05, 4.69) is 59.5 Å². The number of rotatable bonds is 6. The summed E-state index contributed by atoms with van der Waals surface area (Å²) in [5, 5.41) is 5.19. The van der Waals surface area contributed by atoms with Gasteiger partial charge in [-0.05, 0) is 78.2 Å². The third-order valence-corrected chi connectivity index (χ3v) is 7.47. The standard InChI is InChI=1S/C32H25Br2N3O3/c1-18-9-11-22(12-10-18)32(39)40-30-23(15-24(33)16-26(30)34)17-35-37-31(38)29-27(21-7-5-4-6-8-21)25-14-19(2)13-20(3)28(25)36-29/h4-17,36H,1-3H3,(H,37,38). The molecule has 0 aliphatic heterocycles. The molecule has 1 heterocycles. The molecule has 1 amide bonds. The Bertz CT molecular complexity index is 1780. The van der Waals surface area contributed by atoms with Gasteiger partial charge < -0.3 is 9.72 Å². The molecule has 0 fully saturated rings. The van der Waals surface area contributed by atoms with Gasteiger partial charge in [-0.3, -0.25) is 4.79 Å². The average Bonchev–Trinajstić information content (AvgIpc) is 3.31. The minimum absolute atomic E-state index is 0.286. The number of nitrogens with one attached hydrogen (secondary N) is 2. The number of carbonyl (C=O) groups is 2. The minimum Gasteiger partial charge on any atom is -0.421 e. The SMILES string of the molecule is Cc1ccc(C(=O)Oc2c(Br)cc(Br)cc2C=NNC(=O)c2[nH]c3c(C)cc(C)cc3c2-c2ccccc2)cc1. The number of benzene rings is 4. The maximum Gasteiger partial charge on any atom is 0.343 e. The molecule has 200 valence electrons. The van der Waals surface area contributed by atoms with Crippen LogP contribution in [-0.2, 0) is 0 Å². The summed E-state index contributed by atoms with van der Waals surface area (Å²) in [7, 11) is 0. The molecule has 0 spiro atoms. The van der Waals surface area contributed by atoms with Crippen molar-refractivity contribution in [2.45, 2.75) is 20.8 Å². The number of hydrazone groups is 1. The lowest BCUT2D eigenvalue weighted by Crippen LogP contribution is -2.19. The van der Waals surface area contributed by atoms with Crippen molar-refractivity contribution in [3.63, 3.8) is 0 Å². The number of amides is 1. The van der Waals surface area contributed by atoms with Gasteiger partial charge in [0.2, 0.25) is 0 Å². The van der Waals surface area contributed by atoms with Crippen LogP contribution in [0.1, 0.15) is 43.1 Å². The highest BCUT2D eigenvalue weighted by molar-refractivity contribution is 9.11. The molecule has 0 saturated carbocycles. The van der Waals surface area contributed by atoms with Crippen LogP contribution in [0.15, 0.2) is 92.9 Å². The lowest BCUT2D eigenvalue weighted by atomic mass is 9.99. The van der Waals surface area contributed by atoms with E-state index in [-0.39, 0.29) is 5.75 Å². The molecular formula is C32H25Br2N3O3. The van der Waals surface area contributed by atoms with Gasteiger partial charge >= 0.3 is 5.97 Å². The van der Waals surface area contributed by atoms with Crippen molar-refractivity contribution in [1.29, 1.82) is 0 Å². The van der Waals surface area contributed by atoms with Crippen LogP contribution in [-0.4, -0.2) is 23.1 Å². The second-order valence-corrected chi connectivity index (χ2v) is 11.3. The highest BCUT2D eigenvalue weighted by atomic mass is 79.9. The fourth-order valence-corrected chi connectivity index (χ4v) is 5.91. The van der Waals surface area contributed by atoms with E-state index in [9.17, 15) is 9.59 Å². The number of hydrogen-bond donors (Lipinski definition) is 2. The van der Waals surface area contributed by atoms with E-state index in [0.29, 0.717) is 21.3 Å². The fourth-order valence-electron chi connectivity index (χ4n) is 4.57. The van der Waals surface area contributed by atoms with Crippen LogP contribution in [0.5, 0.6) is 5.75 Å². The zero-order valence-electron chi connectivity index (χ0n) is 22.0. The molecule has 5 aromatic rings. The van der Waals surface area contributed by atoms with Crippen LogP contribution < -0.4 is 10.2 Å². The first-order valence-electron chi connectivity index (χ1n) is 12.5. The predicted octanol–water partition coefficient (Wildman–Crippen LogP) is 8.27. The summed E-state index contributed by atoms with van der Waals surface area (Å²) in [6.45, 7) is 6.01. The van der Waals surface area contributed by atoms with Gasteiger partial charge in [0.25, 0.3) is 5.91 Å². The molecule has 0 aliphatic rings. The number of hydrogen-bond acceptors (Lipinski definition) is 4. The molecular weight excluding hydrogens is 634 g/mol. The van der Waals surface area contributed by atoms with Crippen molar-refractivity contribution in [1.82, 2.24) is 10.4 Å². The largest absolute Gasteiger partial charge is 0.421 e. The van der Waals surface area contributed by atoms with E-state index in [1.165, 1.54) is 6.21 Å². The van der Waals surface area contributed by atoms with E-state index >= 15 is 0 Å². The Kier molecular flexibility index (Phi) is 8.00. The molecule has 0 aliphatic carbocycles. The number of halogens is 2. The second-order valence-electron chi connectivity index (χ2n) is 9.51. The van der Waals surface area contributed by atoms with E-state index in [1.807, 2.05) is 63.2 Å². The van der Waals surface area contributed by atoms with Crippen LogP contribution >= 0.6 is 31.9 Å². The highest BCUT2D eigenvalue weighted by Gasteiger charge is 2.21. The highest BCUT2D eigenvalue weighted by Crippen LogP contribution is 2.35. The van der Waals surface area contributed by atoms with Gasteiger partial charge in [0.1, 0.15) is 5.69 Å². The summed E-state index contributed by atoms with van der Waals surface area (Å²) in [6.07, 6.45) is 1.45. The van der Waals surface area contributed by atoms with Gasteiger partial charge in [-0.2, -0.15) is 5.10 Å². The van der Waals surface area contributed by atoms with Gasteiger partial charge in [-0.25, -0.2) is 10.2 Å². The maximum atomic E-state index is 13.4. The van der Waals surface area contributed by atoms with Crippen LogP contribution in [0.3, 0.4) is 0 Å². The Morgan fingerprint density at radius 3 is 2.35 bits per heavy atom. The van der Waals surface area contributed by atoms with Crippen molar-refractivity contribution in [3.8, 4) is 16.9 Å². The number of fused-ring (bicyclic) bond motifs is 1. The summed E-state index contributed by atoms with van der Waals surface area (Å²) >= 11 is 6.94. The first-order valence-corrected chi connectivity index (χ1v) is 14.1. The third-order valence-electron chi connectivity index (χ3n) is 6.43. The minimum atomic E-state index is -0.502. The second kappa shape index (κ2) is 11.6. The van der Waals surface area contributed by atoms with Crippen LogP contribution in [0.4, 0.5) is 0 Å². The fraction of sp³-hybridized carbons (Fsp3) is 0.0938. The number of ether oxygens (including phenoxy) is 1. The van der Waals surface area contributed by atoms with Crippen molar-refractivity contribution < 1.29 is 14.3 Å². The van der Waals surface area contributed by atoms with E-state index in [1.54, 1.807) is 24.3 Å². The van der Waals surface area contributed by atoms with Gasteiger partial charge in [-0.1, -0.05) is 75.6 Å². The summed E-state index contributed by atoms with van der Waals surface area (Å²) in [5.41, 5.74) is 9.81. The molecule has 2 N–H and O–H groups in total. The van der Waals surface area contributed by atoms with Gasteiger partial charge in [-0.15, -0.1) is 0 Å². The lowest BCUT2D eigenvalue weighted by Gasteiger charge is -2.11. The summed E-state index contributed by atoms with van der Waals surface area (Å²) < 4.78 is 7.03. The number of aromatic amines is 1. The maximum absolute atomic E-state index is 13.4. The molecule has 6 nitrogen and oxygen atoms in total. The Morgan fingerprint density at radius 1 is 0.900 bits per heavy atom. The Hall–Kier alpha value is -4.01. The quantitative estimate of drug-likeness (QED) is 0.0834. The van der Waals surface area contributed by atoms with Crippen molar-refractivity contribution in [2.75, 3.05) is 0 Å². The van der Waals surface area contributed by atoms with Crippen molar-refractivity contribution in [3.05, 3.63) is 121 Å². The molecule has 5 rings (SSSR count). The third kappa shape index (κ3) is 5.78. The molecule has 0 saturated heterocycles. The number of H-pyrrole nitrogens is 1. The lowest BCUT2D eigenvalue weighted by molar-refractivity contribution is 0.0733. The predicted molar refractivity (Wildman–Crippen MR) is 166 cm³/mol. The van der Waals surface area contributed by atoms with Gasteiger partial charge in [0, 0.05) is 26.5 Å². The summed E-state index contributed by atoms with van der Waals surface area (Å²) in [6, 6.07) is 24.6. The normalized spacial score (nSPS) is 11.2. The van der Waals surface area contributed by atoms with E-state index < -0.39 is 11.9 Å². The molecule has 0 radical (unpaired) electrons. The summed E-state index contributed by atoms with van der Waals surface area (Å²) in [4.78, 5) is 29.6. The number of aryl methyl sites for hydroxylation is 3. The number of esters is 1. The molecule has 0 atom stereocenters. The zero-order chi connectivity index (χ0) is 28.4. The average molecular weight is 659 g/mol. The van der Waals surface area contributed by atoms with Gasteiger partial charge in [0.15, 0.2) is 5.75 Å². The smallest absolute Gasteiger partial charge is 0.343 e. The monoisotopic (exact) mass is 657 g/mol. The first-order chi connectivity index (χ1) is 19.2. The van der Waals surface area contributed by atoms with Crippen molar-refractivity contribution >= 4 is 60.9 Å². The van der Waals surface area contributed by atoms with E-state index in [4.69, 9.17) is 4.74 Å². The zero-order valence-corrected chi connectivity index (χ0v) is 25.2. The van der Waals surface area contributed by atoms with Gasteiger partial charge in [0.05, 0.1) is 16.3 Å². The number of nitrogens with zero attached hydrogens (tertiary/aromatic N) is 1. The van der Waals surface area contributed by atoms with Crippen molar-refractivity contribution in [2.24, 2.45) is 5.10 Å². The molecule has 0 bridgehead atoms. The molecule has 1 aromatic heterocycles. The molecule has 40 heavy (non-hydrogen) atoms. The molecule has 4 aromatic carbocycles. The number of carbonyl (C=O) groups excluding carboxylic acids is 2. The summed E-state index contributed by atoms with van der Waals surface area (Å²) in [5.74, 6) is -0.609. The Labute approximate surface area is 248 Å².